The lowest BCUT2D eigenvalue weighted by molar-refractivity contribution is 0.255. The molecule has 1 unspecified atom stereocenters. The fourth-order valence-corrected chi connectivity index (χ4v) is 3.02. The molecule has 0 radical (unpaired) electrons. The number of aliphatic hydroxyl groups is 1. The average molecular weight is 326 g/mol. The maximum Gasteiger partial charge on any atom is 0.124 e. The molecule has 1 aliphatic rings. The van der Waals surface area contributed by atoms with Gasteiger partial charge in [-0.1, -0.05) is 28.8 Å². The van der Waals surface area contributed by atoms with Crippen molar-refractivity contribution in [3.8, 4) is 0 Å². The van der Waals surface area contributed by atoms with E-state index in [1.807, 2.05) is 18.2 Å². The number of hydrogen-bond acceptors (Lipinski definition) is 3. The highest BCUT2D eigenvalue weighted by molar-refractivity contribution is 9.10. The first-order valence-corrected chi connectivity index (χ1v) is 7.44. The van der Waals surface area contributed by atoms with Gasteiger partial charge in [-0.05, 0) is 31.0 Å². The number of halogens is 1. The molecule has 1 aromatic rings. The van der Waals surface area contributed by atoms with Gasteiger partial charge in [-0.3, -0.25) is 5.41 Å². The molecule has 19 heavy (non-hydrogen) atoms. The van der Waals surface area contributed by atoms with E-state index in [4.69, 9.17) is 11.1 Å². The lowest BCUT2D eigenvalue weighted by atomic mass is 10.1. The molecule has 1 aliphatic heterocycles. The monoisotopic (exact) mass is 325 g/mol. The molecule has 1 heterocycles. The summed E-state index contributed by atoms with van der Waals surface area (Å²) in [7, 11) is 0. The predicted molar refractivity (Wildman–Crippen MR) is 81.8 cm³/mol. The van der Waals surface area contributed by atoms with Gasteiger partial charge in [0.15, 0.2) is 0 Å². The Morgan fingerprint density at radius 2 is 2.21 bits per heavy atom. The van der Waals surface area contributed by atoms with E-state index in [0.717, 1.165) is 41.5 Å². The van der Waals surface area contributed by atoms with Gasteiger partial charge in [0.1, 0.15) is 5.84 Å². The average Bonchev–Trinajstić information content (AvgIpc) is 2.63. The summed E-state index contributed by atoms with van der Waals surface area (Å²) in [6.07, 6.45) is 4.44. The summed E-state index contributed by atoms with van der Waals surface area (Å²) in [5.74, 6) is 0.0669. The second-order valence-electron chi connectivity index (χ2n) is 4.95. The zero-order chi connectivity index (χ0) is 13.8. The summed E-state index contributed by atoms with van der Waals surface area (Å²) in [5.41, 5.74) is 7.38. The van der Waals surface area contributed by atoms with Crippen molar-refractivity contribution in [1.29, 1.82) is 5.41 Å². The van der Waals surface area contributed by atoms with E-state index in [1.165, 1.54) is 6.42 Å². The minimum atomic E-state index is 0.0669. The lowest BCUT2D eigenvalue weighted by Gasteiger charge is -2.32. The Bertz CT molecular complexity index is 464. The van der Waals surface area contributed by atoms with Gasteiger partial charge >= 0.3 is 0 Å². The van der Waals surface area contributed by atoms with Crippen LogP contribution in [0.1, 0.15) is 31.2 Å². The Morgan fingerprint density at radius 3 is 2.89 bits per heavy atom. The molecule has 104 valence electrons. The Balaban J connectivity index is 2.40. The van der Waals surface area contributed by atoms with Crippen LogP contribution in [0.3, 0.4) is 0 Å². The number of nitrogens with one attached hydrogen (secondary N) is 1. The molecule has 4 nitrogen and oxygen atoms in total. The summed E-state index contributed by atoms with van der Waals surface area (Å²) in [6.45, 7) is 1.06. The van der Waals surface area contributed by atoms with Crippen LogP contribution >= 0.6 is 15.9 Å². The standard InChI is InChI=1S/C14H20BrN3O/c15-10-5-6-13(12(8-10)14(16)17)18-7-3-1-2-4-11(18)9-19/h5-6,8,11,19H,1-4,7,9H2,(H3,16,17). The van der Waals surface area contributed by atoms with Gasteiger partial charge in [0, 0.05) is 22.3 Å². The molecule has 2 rings (SSSR count). The van der Waals surface area contributed by atoms with E-state index in [9.17, 15) is 5.11 Å². The summed E-state index contributed by atoms with van der Waals surface area (Å²) in [6, 6.07) is 5.94. The van der Waals surface area contributed by atoms with Gasteiger partial charge in [0.2, 0.25) is 0 Å². The Morgan fingerprint density at radius 1 is 1.42 bits per heavy atom. The fourth-order valence-electron chi connectivity index (χ4n) is 2.66. The number of rotatable bonds is 3. The molecule has 0 bridgehead atoms. The van der Waals surface area contributed by atoms with Crippen molar-refractivity contribution in [2.75, 3.05) is 18.1 Å². The summed E-state index contributed by atoms with van der Waals surface area (Å²) in [5, 5.41) is 17.3. The minimum absolute atomic E-state index is 0.0669. The zero-order valence-electron chi connectivity index (χ0n) is 10.9. The first-order valence-electron chi connectivity index (χ1n) is 6.65. The fraction of sp³-hybridized carbons (Fsp3) is 0.500. The number of aliphatic hydroxyl groups excluding tert-OH is 1. The SMILES string of the molecule is N=C(N)c1cc(Br)ccc1N1CCCCCC1CO. The largest absolute Gasteiger partial charge is 0.394 e. The third kappa shape index (κ3) is 3.28. The van der Waals surface area contributed by atoms with Gasteiger partial charge in [0.05, 0.1) is 12.6 Å². The topological polar surface area (TPSA) is 73.3 Å². The lowest BCUT2D eigenvalue weighted by Crippen LogP contribution is -2.38. The highest BCUT2D eigenvalue weighted by atomic mass is 79.9. The number of anilines is 1. The zero-order valence-corrected chi connectivity index (χ0v) is 12.5. The van der Waals surface area contributed by atoms with Crippen molar-refractivity contribution in [1.82, 2.24) is 0 Å². The summed E-state index contributed by atoms with van der Waals surface area (Å²) in [4.78, 5) is 2.20. The normalized spacial score (nSPS) is 20.1. The minimum Gasteiger partial charge on any atom is -0.394 e. The van der Waals surface area contributed by atoms with Crippen LogP contribution in [-0.4, -0.2) is 30.1 Å². The van der Waals surface area contributed by atoms with Crippen LogP contribution in [0.15, 0.2) is 22.7 Å². The number of nitrogen functional groups attached to an aromatic ring is 1. The Kier molecular flexibility index (Phi) is 4.82. The van der Waals surface area contributed by atoms with Crippen molar-refractivity contribution < 1.29 is 5.11 Å². The third-order valence-electron chi connectivity index (χ3n) is 3.65. The van der Waals surface area contributed by atoms with E-state index >= 15 is 0 Å². The summed E-state index contributed by atoms with van der Waals surface area (Å²) >= 11 is 3.42. The number of benzene rings is 1. The number of hydrogen-bond donors (Lipinski definition) is 3. The van der Waals surface area contributed by atoms with E-state index < -0.39 is 0 Å². The van der Waals surface area contributed by atoms with Crippen molar-refractivity contribution in [2.45, 2.75) is 31.7 Å². The number of nitrogens with two attached hydrogens (primary N) is 1. The van der Waals surface area contributed by atoms with Crippen LogP contribution in [0.25, 0.3) is 0 Å². The molecule has 0 aromatic heterocycles. The quantitative estimate of drug-likeness (QED) is 0.590. The second kappa shape index (κ2) is 6.39. The molecule has 1 fully saturated rings. The molecule has 0 aliphatic carbocycles. The first-order chi connectivity index (χ1) is 9.13. The number of amidine groups is 1. The highest BCUT2D eigenvalue weighted by Crippen LogP contribution is 2.29. The molecule has 0 spiro atoms. The highest BCUT2D eigenvalue weighted by Gasteiger charge is 2.23. The van der Waals surface area contributed by atoms with Crippen molar-refractivity contribution in [3.63, 3.8) is 0 Å². The second-order valence-corrected chi connectivity index (χ2v) is 5.87. The van der Waals surface area contributed by atoms with E-state index in [2.05, 4.69) is 20.8 Å². The Labute approximate surface area is 122 Å². The van der Waals surface area contributed by atoms with Crippen LogP contribution in [0.2, 0.25) is 0 Å². The van der Waals surface area contributed by atoms with Crippen LogP contribution in [-0.2, 0) is 0 Å². The number of nitrogens with zero attached hydrogens (tertiary/aromatic N) is 1. The van der Waals surface area contributed by atoms with Gasteiger partial charge in [0.25, 0.3) is 0 Å². The van der Waals surface area contributed by atoms with E-state index in [-0.39, 0.29) is 18.5 Å². The molecule has 1 aromatic carbocycles. The van der Waals surface area contributed by atoms with Gasteiger partial charge in [-0.15, -0.1) is 0 Å². The predicted octanol–water partition coefficient (Wildman–Crippen LogP) is 2.47. The first kappa shape index (κ1) is 14.3. The Hall–Kier alpha value is -1.07. The molecule has 0 amide bonds. The van der Waals surface area contributed by atoms with Gasteiger partial charge in [-0.2, -0.15) is 0 Å². The maximum absolute atomic E-state index is 9.60. The molecule has 1 saturated heterocycles. The van der Waals surface area contributed by atoms with E-state index in [0.29, 0.717) is 0 Å². The van der Waals surface area contributed by atoms with Gasteiger partial charge < -0.3 is 15.7 Å². The molecule has 4 N–H and O–H groups in total. The van der Waals surface area contributed by atoms with Crippen LogP contribution in [0.5, 0.6) is 0 Å². The molecular weight excluding hydrogens is 306 g/mol. The van der Waals surface area contributed by atoms with Crippen molar-refractivity contribution in [2.24, 2.45) is 5.73 Å². The van der Waals surface area contributed by atoms with Crippen LogP contribution in [0, 0.1) is 5.41 Å². The van der Waals surface area contributed by atoms with Gasteiger partial charge in [-0.25, -0.2) is 0 Å². The van der Waals surface area contributed by atoms with Crippen molar-refractivity contribution >= 4 is 27.5 Å². The van der Waals surface area contributed by atoms with Crippen LogP contribution in [0.4, 0.5) is 5.69 Å². The molecule has 0 saturated carbocycles. The molecular formula is C14H20BrN3O. The van der Waals surface area contributed by atoms with Crippen LogP contribution < -0.4 is 10.6 Å². The molecule has 5 heteroatoms. The maximum atomic E-state index is 9.60. The summed E-state index contributed by atoms with van der Waals surface area (Å²) < 4.78 is 0.914. The van der Waals surface area contributed by atoms with Crippen molar-refractivity contribution in [3.05, 3.63) is 28.2 Å². The molecule has 1 atom stereocenters. The smallest absolute Gasteiger partial charge is 0.124 e. The van der Waals surface area contributed by atoms with E-state index in [1.54, 1.807) is 0 Å². The third-order valence-corrected chi connectivity index (χ3v) is 4.14.